The van der Waals surface area contributed by atoms with Crippen molar-refractivity contribution in [1.82, 2.24) is 0 Å². The molecule has 0 unspecified atom stereocenters. The van der Waals surface area contributed by atoms with Crippen molar-refractivity contribution < 1.29 is 17.2 Å². The fourth-order valence-electron chi connectivity index (χ4n) is 1.66. The van der Waals surface area contributed by atoms with Crippen molar-refractivity contribution >= 4 is 33.0 Å². The molecule has 0 heterocycles. The summed E-state index contributed by atoms with van der Waals surface area (Å²) in [5.74, 6) is -1.79. The Hall–Kier alpha value is -1.86. The SMILES string of the molecule is Cc1c(N)cc(S(=O)(=O)Nc2cc(F)cc(F)c2)cc1Cl. The first-order valence-corrected chi connectivity index (χ1v) is 7.60. The summed E-state index contributed by atoms with van der Waals surface area (Å²) in [5, 5.41) is 0.181. The number of benzene rings is 2. The minimum atomic E-state index is -4.06. The summed E-state index contributed by atoms with van der Waals surface area (Å²) in [6, 6.07) is 4.79. The van der Waals surface area contributed by atoms with Crippen molar-refractivity contribution in [3.05, 3.63) is 52.6 Å². The van der Waals surface area contributed by atoms with E-state index in [-0.39, 0.29) is 21.3 Å². The van der Waals surface area contributed by atoms with Gasteiger partial charge in [0.25, 0.3) is 10.0 Å². The molecule has 0 spiro atoms. The van der Waals surface area contributed by atoms with Crippen LogP contribution >= 0.6 is 11.6 Å². The molecular weight excluding hydrogens is 322 g/mol. The summed E-state index contributed by atoms with van der Waals surface area (Å²) in [4.78, 5) is -0.194. The second kappa shape index (κ2) is 5.50. The molecule has 0 aliphatic heterocycles. The molecule has 0 saturated heterocycles. The number of hydrogen-bond donors (Lipinski definition) is 2. The molecule has 3 N–H and O–H groups in total. The smallest absolute Gasteiger partial charge is 0.262 e. The summed E-state index contributed by atoms with van der Waals surface area (Å²) >= 11 is 5.89. The average Bonchev–Trinajstić information content (AvgIpc) is 2.33. The van der Waals surface area contributed by atoms with Crippen molar-refractivity contribution in [2.45, 2.75) is 11.8 Å². The van der Waals surface area contributed by atoms with Crippen molar-refractivity contribution in [3.8, 4) is 0 Å². The maximum Gasteiger partial charge on any atom is 0.262 e. The van der Waals surface area contributed by atoms with Gasteiger partial charge >= 0.3 is 0 Å². The fraction of sp³-hybridized carbons (Fsp3) is 0.0769. The number of halogens is 3. The van der Waals surface area contributed by atoms with Gasteiger partial charge in [0.15, 0.2) is 0 Å². The molecule has 112 valence electrons. The van der Waals surface area contributed by atoms with E-state index in [2.05, 4.69) is 4.72 Å². The van der Waals surface area contributed by atoms with Crippen molar-refractivity contribution in [2.75, 3.05) is 10.5 Å². The van der Waals surface area contributed by atoms with E-state index in [1.807, 2.05) is 0 Å². The summed E-state index contributed by atoms with van der Waals surface area (Å²) in [7, 11) is -4.06. The van der Waals surface area contributed by atoms with Gasteiger partial charge in [-0.25, -0.2) is 17.2 Å². The van der Waals surface area contributed by atoms with Crippen LogP contribution in [0, 0.1) is 18.6 Å². The Kier molecular flexibility index (Phi) is 4.06. The van der Waals surface area contributed by atoms with Crippen molar-refractivity contribution in [2.24, 2.45) is 0 Å². The molecule has 0 aromatic heterocycles. The van der Waals surface area contributed by atoms with Crippen LogP contribution in [-0.2, 0) is 10.0 Å². The second-order valence-electron chi connectivity index (χ2n) is 4.38. The van der Waals surface area contributed by atoms with E-state index in [0.29, 0.717) is 11.6 Å². The van der Waals surface area contributed by atoms with Crippen LogP contribution < -0.4 is 10.5 Å². The largest absolute Gasteiger partial charge is 0.398 e. The Morgan fingerprint density at radius 3 is 2.19 bits per heavy atom. The standard InChI is InChI=1S/C13H11ClF2N2O2S/c1-7-12(14)5-11(6-13(7)17)21(19,20)18-10-3-8(15)2-9(16)4-10/h2-6,18H,17H2,1H3. The fourth-order valence-corrected chi connectivity index (χ4v) is 3.05. The predicted molar refractivity (Wildman–Crippen MR) is 77.8 cm³/mol. The number of anilines is 2. The van der Waals surface area contributed by atoms with Crippen LogP contribution in [0.25, 0.3) is 0 Å². The Morgan fingerprint density at radius 2 is 1.67 bits per heavy atom. The van der Waals surface area contributed by atoms with Gasteiger partial charge in [-0.15, -0.1) is 0 Å². The second-order valence-corrected chi connectivity index (χ2v) is 6.47. The van der Waals surface area contributed by atoms with Crippen molar-refractivity contribution in [3.63, 3.8) is 0 Å². The summed E-state index contributed by atoms with van der Waals surface area (Å²) in [5.41, 5.74) is 6.18. The average molecular weight is 333 g/mol. The zero-order valence-electron chi connectivity index (χ0n) is 10.8. The van der Waals surface area contributed by atoms with Gasteiger partial charge in [-0.1, -0.05) is 11.6 Å². The molecule has 0 bridgehead atoms. The van der Waals surface area contributed by atoms with E-state index in [4.69, 9.17) is 17.3 Å². The molecule has 21 heavy (non-hydrogen) atoms. The van der Waals surface area contributed by atoms with Crippen LogP contribution in [0.3, 0.4) is 0 Å². The van der Waals surface area contributed by atoms with Crippen LogP contribution in [-0.4, -0.2) is 8.42 Å². The van der Waals surface area contributed by atoms with E-state index < -0.39 is 21.7 Å². The maximum absolute atomic E-state index is 13.1. The zero-order chi connectivity index (χ0) is 15.8. The van der Waals surface area contributed by atoms with Gasteiger partial charge in [0.2, 0.25) is 0 Å². The van der Waals surface area contributed by atoms with E-state index in [1.54, 1.807) is 6.92 Å². The summed E-state index contributed by atoms with van der Waals surface area (Å²) < 4.78 is 52.5. The highest BCUT2D eigenvalue weighted by atomic mass is 35.5. The van der Waals surface area contributed by atoms with Crippen LogP contribution in [0.5, 0.6) is 0 Å². The number of nitrogens with one attached hydrogen (secondary N) is 1. The van der Waals surface area contributed by atoms with Gasteiger partial charge < -0.3 is 5.73 Å². The maximum atomic E-state index is 13.1. The highest BCUT2D eigenvalue weighted by Gasteiger charge is 2.17. The molecule has 0 aliphatic rings. The topological polar surface area (TPSA) is 72.2 Å². The molecule has 0 amide bonds. The monoisotopic (exact) mass is 332 g/mol. The van der Waals surface area contributed by atoms with Crippen LogP contribution in [0.4, 0.5) is 20.2 Å². The van der Waals surface area contributed by atoms with Crippen LogP contribution in [0.2, 0.25) is 5.02 Å². The number of nitrogens with two attached hydrogens (primary N) is 1. The molecule has 0 atom stereocenters. The first kappa shape index (κ1) is 15.5. The minimum Gasteiger partial charge on any atom is -0.398 e. The Balaban J connectivity index is 2.43. The highest BCUT2D eigenvalue weighted by Crippen LogP contribution is 2.27. The lowest BCUT2D eigenvalue weighted by atomic mass is 10.2. The molecule has 0 aliphatic carbocycles. The molecule has 0 radical (unpaired) electrons. The molecule has 8 heteroatoms. The van der Waals surface area contributed by atoms with E-state index in [1.165, 1.54) is 12.1 Å². The molecular formula is C13H11ClF2N2O2S. The molecule has 0 saturated carbocycles. The van der Waals surface area contributed by atoms with Gasteiger partial charge in [-0.3, -0.25) is 4.72 Å². The molecule has 2 rings (SSSR count). The molecule has 2 aromatic rings. The number of nitrogen functional groups attached to an aromatic ring is 1. The summed E-state index contributed by atoms with van der Waals surface area (Å²) in [6.45, 7) is 1.64. The third kappa shape index (κ3) is 3.43. The third-order valence-electron chi connectivity index (χ3n) is 2.78. The van der Waals surface area contributed by atoms with Gasteiger partial charge in [-0.05, 0) is 36.8 Å². The number of rotatable bonds is 3. The first-order valence-electron chi connectivity index (χ1n) is 5.73. The molecule has 0 fully saturated rings. The normalized spacial score (nSPS) is 11.4. The van der Waals surface area contributed by atoms with Gasteiger partial charge in [-0.2, -0.15) is 0 Å². The van der Waals surface area contributed by atoms with Crippen molar-refractivity contribution in [1.29, 1.82) is 0 Å². The molecule has 4 nitrogen and oxygen atoms in total. The Morgan fingerprint density at radius 1 is 1.10 bits per heavy atom. The molecule has 2 aromatic carbocycles. The van der Waals surface area contributed by atoms with Gasteiger partial charge in [0, 0.05) is 16.8 Å². The quantitative estimate of drug-likeness (QED) is 0.847. The lowest BCUT2D eigenvalue weighted by Gasteiger charge is -2.11. The van der Waals surface area contributed by atoms with Gasteiger partial charge in [0.1, 0.15) is 11.6 Å². The predicted octanol–water partition coefficient (Wildman–Crippen LogP) is 3.31. The van der Waals surface area contributed by atoms with E-state index in [0.717, 1.165) is 12.1 Å². The lowest BCUT2D eigenvalue weighted by Crippen LogP contribution is -2.14. The van der Waals surface area contributed by atoms with E-state index in [9.17, 15) is 17.2 Å². The van der Waals surface area contributed by atoms with Gasteiger partial charge in [0.05, 0.1) is 10.6 Å². The van der Waals surface area contributed by atoms with Crippen LogP contribution in [0.15, 0.2) is 35.2 Å². The number of hydrogen-bond acceptors (Lipinski definition) is 3. The van der Waals surface area contributed by atoms with Crippen LogP contribution in [0.1, 0.15) is 5.56 Å². The Labute approximate surface area is 125 Å². The highest BCUT2D eigenvalue weighted by molar-refractivity contribution is 7.92. The summed E-state index contributed by atoms with van der Waals surface area (Å²) in [6.07, 6.45) is 0. The minimum absolute atomic E-state index is 0.181. The Bertz CT molecular complexity index is 767. The lowest BCUT2D eigenvalue weighted by molar-refractivity contribution is 0.584. The first-order chi connectivity index (χ1) is 9.69. The third-order valence-corrected chi connectivity index (χ3v) is 4.54. The zero-order valence-corrected chi connectivity index (χ0v) is 12.4. The van der Waals surface area contributed by atoms with E-state index >= 15 is 0 Å². The number of sulfonamides is 1.